The van der Waals surface area contributed by atoms with Crippen molar-refractivity contribution in [2.24, 2.45) is 0 Å². The lowest BCUT2D eigenvalue weighted by molar-refractivity contribution is 0.479. The van der Waals surface area contributed by atoms with E-state index in [4.69, 9.17) is 10.3 Å². The van der Waals surface area contributed by atoms with Crippen LogP contribution in [0.5, 0.6) is 5.75 Å². The van der Waals surface area contributed by atoms with Gasteiger partial charge in [0.25, 0.3) is 10.1 Å². The smallest absolute Gasteiger partial charge is 0.294 e. The van der Waals surface area contributed by atoms with E-state index in [0.29, 0.717) is 11.1 Å². The summed E-state index contributed by atoms with van der Waals surface area (Å²) in [4.78, 5) is -0.234. The molecule has 0 atom stereocenters. The quantitative estimate of drug-likeness (QED) is 0.437. The number of phenols is 1. The van der Waals surface area contributed by atoms with E-state index in [1.165, 1.54) is 24.3 Å². The highest BCUT2D eigenvalue weighted by atomic mass is 32.2. The number of benzene rings is 2. The second-order valence-corrected chi connectivity index (χ2v) is 5.17. The maximum absolute atomic E-state index is 11.0. The summed E-state index contributed by atoms with van der Waals surface area (Å²) in [5.41, 5.74) is 6.62. The van der Waals surface area contributed by atoms with E-state index >= 15 is 0 Å². The van der Waals surface area contributed by atoms with Crippen LogP contribution < -0.4 is 5.73 Å². The lowest BCUT2D eigenvalue weighted by Crippen LogP contribution is -1.98. The molecule has 0 saturated heterocycles. The Balaban J connectivity index is 2.62. The molecule has 0 spiro atoms. The van der Waals surface area contributed by atoms with Gasteiger partial charge in [-0.05, 0) is 23.8 Å². The van der Waals surface area contributed by atoms with Crippen molar-refractivity contribution in [2.75, 3.05) is 5.73 Å². The Morgan fingerprint density at radius 3 is 2.39 bits per heavy atom. The maximum Gasteiger partial charge on any atom is 0.294 e. The number of nitrogens with two attached hydrogens (primary N) is 1. The van der Waals surface area contributed by atoms with E-state index in [0.717, 1.165) is 0 Å². The van der Waals surface area contributed by atoms with Gasteiger partial charge in [0.05, 0.1) is 10.6 Å². The number of nitrogen functional groups attached to an aromatic ring is 1. The average Bonchev–Trinajstić information content (AvgIpc) is 2.32. The number of para-hydroxylation sites is 1. The molecule has 0 aliphatic rings. The third kappa shape index (κ3) is 2.29. The first-order valence-corrected chi connectivity index (χ1v) is 6.49. The molecule has 0 heterocycles. The fourth-order valence-electron chi connectivity index (χ4n) is 1.62. The molecule has 4 N–H and O–H groups in total. The van der Waals surface area contributed by atoms with Gasteiger partial charge in [-0.25, -0.2) is 0 Å². The van der Waals surface area contributed by atoms with Crippen molar-refractivity contribution in [1.82, 2.24) is 0 Å². The normalized spacial score (nSPS) is 11.4. The topological polar surface area (TPSA) is 101 Å². The Labute approximate surface area is 104 Å². The molecule has 0 aliphatic carbocycles. The summed E-state index contributed by atoms with van der Waals surface area (Å²) in [6, 6.07) is 10.4. The summed E-state index contributed by atoms with van der Waals surface area (Å²) >= 11 is 0. The van der Waals surface area contributed by atoms with Crippen molar-refractivity contribution < 1.29 is 18.1 Å². The molecule has 0 radical (unpaired) electrons. The zero-order valence-corrected chi connectivity index (χ0v) is 10.1. The second-order valence-electron chi connectivity index (χ2n) is 3.75. The van der Waals surface area contributed by atoms with E-state index in [1.54, 1.807) is 18.2 Å². The van der Waals surface area contributed by atoms with Gasteiger partial charge in [0, 0.05) is 5.56 Å². The minimum absolute atomic E-state index is 0.120. The van der Waals surface area contributed by atoms with Crippen LogP contribution in [0.4, 0.5) is 5.69 Å². The molecule has 18 heavy (non-hydrogen) atoms. The van der Waals surface area contributed by atoms with Gasteiger partial charge < -0.3 is 10.8 Å². The molecule has 0 fully saturated rings. The van der Waals surface area contributed by atoms with Gasteiger partial charge in [0.2, 0.25) is 0 Å². The molecule has 6 heteroatoms. The van der Waals surface area contributed by atoms with Crippen molar-refractivity contribution in [3.05, 3.63) is 42.5 Å². The largest absolute Gasteiger partial charge is 0.505 e. The number of phenolic OH excluding ortho intramolecular Hbond substituents is 1. The monoisotopic (exact) mass is 265 g/mol. The average molecular weight is 265 g/mol. The molecule has 5 nitrogen and oxygen atoms in total. The van der Waals surface area contributed by atoms with Crippen molar-refractivity contribution in [3.63, 3.8) is 0 Å². The first kappa shape index (κ1) is 12.4. The van der Waals surface area contributed by atoms with Gasteiger partial charge in [0.15, 0.2) is 0 Å². The fourth-order valence-corrected chi connectivity index (χ4v) is 2.14. The number of hydrogen-bond donors (Lipinski definition) is 3. The number of hydrogen-bond acceptors (Lipinski definition) is 4. The molecule has 0 aliphatic heterocycles. The van der Waals surface area contributed by atoms with Gasteiger partial charge in [0.1, 0.15) is 5.75 Å². The van der Waals surface area contributed by atoms with Gasteiger partial charge in [-0.15, -0.1) is 0 Å². The third-order valence-corrected chi connectivity index (χ3v) is 3.36. The molecule has 0 saturated carbocycles. The maximum atomic E-state index is 11.0. The Morgan fingerprint density at radius 2 is 1.72 bits per heavy atom. The lowest BCUT2D eigenvalue weighted by atomic mass is 10.0. The van der Waals surface area contributed by atoms with Crippen LogP contribution >= 0.6 is 0 Å². The van der Waals surface area contributed by atoms with Crippen LogP contribution in [-0.2, 0) is 10.1 Å². The van der Waals surface area contributed by atoms with Gasteiger partial charge in [-0.2, -0.15) is 8.42 Å². The van der Waals surface area contributed by atoms with E-state index in [2.05, 4.69) is 0 Å². The van der Waals surface area contributed by atoms with E-state index in [9.17, 15) is 13.5 Å². The van der Waals surface area contributed by atoms with E-state index < -0.39 is 10.1 Å². The highest BCUT2D eigenvalue weighted by Gasteiger charge is 2.12. The molecule has 0 aromatic heterocycles. The molecule has 2 rings (SSSR count). The highest BCUT2D eigenvalue weighted by molar-refractivity contribution is 7.85. The summed E-state index contributed by atoms with van der Waals surface area (Å²) in [5.74, 6) is -0.120. The van der Waals surface area contributed by atoms with Crippen LogP contribution in [0.1, 0.15) is 0 Å². The third-order valence-electron chi connectivity index (χ3n) is 2.51. The highest BCUT2D eigenvalue weighted by Crippen LogP contribution is 2.34. The van der Waals surface area contributed by atoms with Crippen molar-refractivity contribution >= 4 is 15.8 Å². The zero-order valence-electron chi connectivity index (χ0n) is 9.24. The first-order chi connectivity index (χ1) is 8.39. The Hall–Kier alpha value is -2.05. The van der Waals surface area contributed by atoms with Crippen LogP contribution in [-0.4, -0.2) is 18.1 Å². The van der Waals surface area contributed by atoms with Crippen LogP contribution in [0.15, 0.2) is 47.4 Å². The van der Waals surface area contributed by atoms with Crippen LogP contribution in [0.2, 0.25) is 0 Å². The molecule has 0 unspecified atom stereocenters. The Morgan fingerprint density at radius 1 is 1.06 bits per heavy atom. The SMILES string of the molecule is Nc1cccc(-c2cccc(S(=O)(=O)O)c2)c1O. The Bertz CT molecular complexity index is 695. The van der Waals surface area contributed by atoms with Crippen molar-refractivity contribution in [3.8, 4) is 16.9 Å². The van der Waals surface area contributed by atoms with E-state index in [1.807, 2.05) is 0 Å². The number of anilines is 1. The van der Waals surface area contributed by atoms with Crippen LogP contribution in [0.25, 0.3) is 11.1 Å². The van der Waals surface area contributed by atoms with Gasteiger partial charge >= 0.3 is 0 Å². The standard InChI is InChI=1S/C12H11NO4S/c13-11-6-2-5-10(12(11)14)8-3-1-4-9(7-8)18(15,16)17/h1-7,14H,13H2,(H,15,16,17). The molecule has 2 aromatic rings. The molecule has 94 valence electrons. The fraction of sp³-hybridized carbons (Fsp3) is 0. The van der Waals surface area contributed by atoms with Crippen LogP contribution in [0, 0.1) is 0 Å². The van der Waals surface area contributed by atoms with Gasteiger partial charge in [-0.1, -0.05) is 24.3 Å². The van der Waals surface area contributed by atoms with Crippen molar-refractivity contribution in [2.45, 2.75) is 4.90 Å². The minimum Gasteiger partial charge on any atom is -0.505 e. The predicted molar refractivity (Wildman–Crippen MR) is 67.8 cm³/mol. The first-order valence-electron chi connectivity index (χ1n) is 5.05. The molecular formula is C12H11NO4S. The Kier molecular flexibility index (Phi) is 2.98. The minimum atomic E-state index is -4.27. The molecule has 2 aromatic carbocycles. The summed E-state index contributed by atoms with van der Waals surface area (Å²) in [5, 5.41) is 9.81. The molecular weight excluding hydrogens is 254 g/mol. The lowest BCUT2D eigenvalue weighted by Gasteiger charge is -2.07. The number of aromatic hydroxyl groups is 1. The summed E-state index contributed by atoms with van der Waals surface area (Å²) < 4.78 is 31.0. The van der Waals surface area contributed by atoms with Gasteiger partial charge in [-0.3, -0.25) is 4.55 Å². The zero-order chi connectivity index (χ0) is 13.3. The number of rotatable bonds is 2. The molecule has 0 amide bonds. The summed E-state index contributed by atoms with van der Waals surface area (Å²) in [6.07, 6.45) is 0. The summed E-state index contributed by atoms with van der Waals surface area (Å²) in [6.45, 7) is 0. The van der Waals surface area contributed by atoms with E-state index in [-0.39, 0.29) is 16.3 Å². The predicted octanol–water partition coefficient (Wildman–Crippen LogP) is 1.89. The van der Waals surface area contributed by atoms with Crippen LogP contribution in [0.3, 0.4) is 0 Å². The molecule has 0 bridgehead atoms. The summed E-state index contributed by atoms with van der Waals surface area (Å²) in [7, 11) is -4.27. The second kappa shape index (κ2) is 4.32. The van der Waals surface area contributed by atoms with Crippen molar-refractivity contribution in [1.29, 1.82) is 0 Å².